The Morgan fingerprint density at radius 1 is 1.21 bits per heavy atom. The molecule has 1 fully saturated rings. The van der Waals surface area contributed by atoms with Gasteiger partial charge < -0.3 is 10.6 Å². The molecule has 1 saturated heterocycles. The molecule has 1 heterocycles. The van der Waals surface area contributed by atoms with Gasteiger partial charge in [0.2, 0.25) is 0 Å². The summed E-state index contributed by atoms with van der Waals surface area (Å²) >= 11 is 0. The van der Waals surface area contributed by atoms with E-state index in [9.17, 15) is 4.39 Å². The highest BCUT2D eigenvalue weighted by Crippen LogP contribution is 2.30. The highest BCUT2D eigenvalue weighted by Gasteiger charge is 2.21. The van der Waals surface area contributed by atoms with Crippen LogP contribution in [0.4, 0.5) is 15.8 Å². The van der Waals surface area contributed by atoms with Crippen LogP contribution in [0.15, 0.2) is 43.0 Å². The number of halogens is 1. The van der Waals surface area contributed by atoms with E-state index in [4.69, 9.17) is 5.73 Å². The molecule has 0 saturated carbocycles. The van der Waals surface area contributed by atoms with E-state index in [1.165, 1.54) is 5.56 Å². The van der Waals surface area contributed by atoms with Crippen LogP contribution in [0.25, 0.3) is 6.08 Å². The standard InChI is InChI=1S/C21H25FN2/c1-3-16-4-7-21(20(23)14-16)24-10-8-17(9-11-24)13-18-5-6-19(22)12-15(18)2/h3-7,12,14,17H,1,8-11,13,23H2,2H3. The first-order valence-corrected chi connectivity index (χ1v) is 8.59. The molecule has 0 bridgehead atoms. The number of anilines is 2. The number of nitrogen functional groups attached to an aromatic ring is 1. The van der Waals surface area contributed by atoms with Crippen molar-refractivity contribution < 1.29 is 4.39 Å². The van der Waals surface area contributed by atoms with Gasteiger partial charge in [0.1, 0.15) is 5.82 Å². The first-order valence-electron chi connectivity index (χ1n) is 8.59. The van der Waals surface area contributed by atoms with Crippen LogP contribution in [0.3, 0.4) is 0 Å². The van der Waals surface area contributed by atoms with Crippen molar-refractivity contribution in [3.8, 4) is 0 Å². The van der Waals surface area contributed by atoms with Gasteiger partial charge in [0.05, 0.1) is 11.4 Å². The molecule has 1 aliphatic heterocycles. The molecule has 3 rings (SSSR count). The van der Waals surface area contributed by atoms with Crippen LogP contribution in [-0.4, -0.2) is 13.1 Å². The number of rotatable bonds is 4. The van der Waals surface area contributed by atoms with E-state index < -0.39 is 0 Å². The predicted molar refractivity (Wildman–Crippen MR) is 101 cm³/mol. The summed E-state index contributed by atoms with van der Waals surface area (Å²) in [6.07, 6.45) is 5.13. The number of hydrogen-bond acceptors (Lipinski definition) is 2. The fourth-order valence-electron chi connectivity index (χ4n) is 3.57. The van der Waals surface area contributed by atoms with E-state index in [0.717, 1.165) is 54.9 Å². The van der Waals surface area contributed by atoms with Crippen molar-refractivity contribution in [2.24, 2.45) is 5.92 Å². The molecule has 1 aliphatic rings. The Kier molecular flexibility index (Phi) is 4.89. The van der Waals surface area contributed by atoms with Crippen molar-refractivity contribution in [2.75, 3.05) is 23.7 Å². The van der Waals surface area contributed by atoms with Crippen LogP contribution in [0, 0.1) is 18.7 Å². The van der Waals surface area contributed by atoms with Gasteiger partial charge in [0.25, 0.3) is 0 Å². The van der Waals surface area contributed by atoms with Crippen LogP contribution in [0.1, 0.15) is 29.5 Å². The lowest BCUT2D eigenvalue weighted by Crippen LogP contribution is -2.34. The van der Waals surface area contributed by atoms with Gasteiger partial charge in [-0.15, -0.1) is 0 Å². The quantitative estimate of drug-likeness (QED) is 0.817. The molecule has 0 amide bonds. The Morgan fingerprint density at radius 2 is 1.96 bits per heavy atom. The molecule has 2 N–H and O–H groups in total. The minimum Gasteiger partial charge on any atom is -0.397 e. The molecule has 0 aromatic heterocycles. The van der Waals surface area contributed by atoms with E-state index in [1.807, 2.05) is 25.1 Å². The third kappa shape index (κ3) is 3.61. The molecule has 2 aromatic carbocycles. The molecule has 3 heteroatoms. The van der Waals surface area contributed by atoms with E-state index in [-0.39, 0.29) is 5.82 Å². The Balaban J connectivity index is 1.62. The summed E-state index contributed by atoms with van der Waals surface area (Å²) in [5, 5.41) is 0. The van der Waals surface area contributed by atoms with Gasteiger partial charge in [-0.2, -0.15) is 0 Å². The highest BCUT2D eigenvalue weighted by molar-refractivity contribution is 5.71. The van der Waals surface area contributed by atoms with Crippen molar-refractivity contribution in [1.29, 1.82) is 0 Å². The zero-order valence-corrected chi connectivity index (χ0v) is 14.3. The second kappa shape index (κ2) is 7.08. The number of piperidine rings is 1. The summed E-state index contributed by atoms with van der Waals surface area (Å²) in [7, 11) is 0. The molecule has 0 radical (unpaired) electrons. The van der Waals surface area contributed by atoms with E-state index in [2.05, 4.69) is 23.6 Å². The van der Waals surface area contributed by atoms with Crippen LogP contribution >= 0.6 is 0 Å². The lowest BCUT2D eigenvalue weighted by Gasteiger charge is -2.34. The zero-order valence-electron chi connectivity index (χ0n) is 14.3. The maximum absolute atomic E-state index is 13.2. The van der Waals surface area contributed by atoms with Crippen LogP contribution in [-0.2, 0) is 6.42 Å². The summed E-state index contributed by atoms with van der Waals surface area (Å²) in [5.74, 6) is 0.503. The summed E-state index contributed by atoms with van der Waals surface area (Å²) in [4.78, 5) is 2.37. The number of nitrogens with two attached hydrogens (primary N) is 1. The molecule has 24 heavy (non-hydrogen) atoms. The predicted octanol–water partition coefficient (Wildman–Crippen LogP) is 4.82. The fourth-order valence-corrected chi connectivity index (χ4v) is 3.57. The highest BCUT2D eigenvalue weighted by atomic mass is 19.1. The number of nitrogens with zero attached hydrogens (tertiary/aromatic N) is 1. The lowest BCUT2D eigenvalue weighted by molar-refractivity contribution is 0.403. The van der Waals surface area contributed by atoms with Gasteiger partial charge in [-0.3, -0.25) is 0 Å². The normalized spacial score (nSPS) is 15.5. The SMILES string of the molecule is C=Cc1ccc(N2CCC(Cc3ccc(F)cc3C)CC2)c(N)c1. The van der Waals surface area contributed by atoms with E-state index >= 15 is 0 Å². The largest absolute Gasteiger partial charge is 0.397 e. The minimum atomic E-state index is -0.149. The Labute approximate surface area is 143 Å². The van der Waals surface area contributed by atoms with Gasteiger partial charge in [0.15, 0.2) is 0 Å². The van der Waals surface area contributed by atoms with Crippen molar-refractivity contribution in [3.05, 3.63) is 65.5 Å². The molecule has 0 aliphatic carbocycles. The Bertz CT molecular complexity index is 731. The average Bonchev–Trinajstić information content (AvgIpc) is 2.58. The van der Waals surface area contributed by atoms with Crippen molar-refractivity contribution in [1.82, 2.24) is 0 Å². The molecular formula is C21H25FN2. The summed E-state index contributed by atoms with van der Waals surface area (Å²) in [5.41, 5.74) is 11.5. The second-order valence-corrected chi connectivity index (χ2v) is 6.73. The van der Waals surface area contributed by atoms with Gasteiger partial charge in [-0.05, 0) is 73.1 Å². The topological polar surface area (TPSA) is 29.3 Å². The van der Waals surface area contributed by atoms with Gasteiger partial charge in [-0.1, -0.05) is 24.8 Å². The maximum atomic E-state index is 13.2. The number of hydrogen-bond donors (Lipinski definition) is 1. The first kappa shape index (κ1) is 16.6. The van der Waals surface area contributed by atoms with Gasteiger partial charge in [0, 0.05) is 13.1 Å². The molecule has 2 aromatic rings. The third-order valence-electron chi connectivity index (χ3n) is 5.06. The molecular weight excluding hydrogens is 299 g/mol. The summed E-state index contributed by atoms with van der Waals surface area (Å²) in [6.45, 7) is 7.81. The second-order valence-electron chi connectivity index (χ2n) is 6.73. The number of aryl methyl sites for hydroxylation is 1. The molecule has 0 unspecified atom stereocenters. The van der Waals surface area contributed by atoms with Crippen molar-refractivity contribution in [2.45, 2.75) is 26.2 Å². The fraction of sp³-hybridized carbons (Fsp3) is 0.333. The Morgan fingerprint density at radius 3 is 2.58 bits per heavy atom. The minimum absolute atomic E-state index is 0.149. The zero-order chi connectivity index (χ0) is 17.1. The van der Waals surface area contributed by atoms with Gasteiger partial charge in [-0.25, -0.2) is 4.39 Å². The molecule has 126 valence electrons. The van der Waals surface area contributed by atoms with E-state index in [1.54, 1.807) is 12.1 Å². The average molecular weight is 324 g/mol. The van der Waals surface area contributed by atoms with Crippen molar-refractivity contribution in [3.63, 3.8) is 0 Å². The van der Waals surface area contributed by atoms with Crippen LogP contribution in [0.2, 0.25) is 0 Å². The van der Waals surface area contributed by atoms with E-state index in [0.29, 0.717) is 5.92 Å². The third-order valence-corrected chi connectivity index (χ3v) is 5.06. The number of benzene rings is 2. The van der Waals surface area contributed by atoms with Crippen LogP contribution < -0.4 is 10.6 Å². The van der Waals surface area contributed by atoms with Crippen LogP contribution in [0.5, 0.6) is 0 Å². The van der Waals surface area contributed by atoms with Gasteiger partial charge >= 0.3 is 0 Å². The summed E-state index contributed by atoms with van der Waals surface area (Å²) < 4.78 is 13.2. The molecule has 0 atom stereocenters. The lowest BCUT2D eigenvalue weighted by atomic mass is 9.88. The molecule has 2 nitrogen and oxygen atoms in total. The molecule has 0 spiro atoms. The smallest absolute Gasteiger partial charge is 0.123 e. The monoisotopic (exact) mass is 324 g/mol. The Hall–Kier alpha value is -2.29. The van der Waals surface area contributed by atoms with Crippen molar-refractivity contribution >= 4 is 17.5 Å². The maximum Gasteiger partial charge on any atom is 0.123 e. The summed E-state index contributed by atoms with van der Waals surface area (Å²) in [6, 6.07) is 11.3. The first-order chi connectivity index (χ1) is 11.6.